The molecule has 27 heavy (non-hydrogen) atoms. The van der Waals surface area contributed by atoms with E-state index < -0.39 is 16.1 Å². The van der Waals surface area contributed by atoms with E-state index in [0.29, 0.717) is 16.6 Å². The van der Waals surface area contributed by atoms with Gasteiger partial charge in [-0.2, -0.15) is 8.75 Å². The minimum Gasteiger partial charge on any atom is -0.464 e. The molecular formula is C18H15N3O4S2. The number of aliphatic hydroxyl groups is 1. The topological polar surface area (TPSA) is 105 Å². The Morgan fingerprint density at radius 1 is 1.07 bits per heavy atom. The maximum atomic E-state index is 12.6. The predicted octanol–water partition coefficient (Wildman–Crippen LogP) is 2.96. The molecule has 9 heteroatoms. The third-order valence-electron chi connectivity index (χ3n) is 4.11. The molecule has 0 radical (unpaired) electrons. The number of aromatic nitrogens is 2. The third kappa shape index (κ3) is 3.62. The van der Waals surface area contributed by atoms with Crippen molar-refractivity contribution in [3.8, 4) is 11.3 Å². The van der Waals surface area contributed by atoms with E-state index in [1.54, 1.807) is 36.6 Å². The van der Waals surface area contributed by atoms with Gasteiger partial charge in [-0.25, -0.2) is 13.1 Å². The van der Waals surface area contributed by atoms with E-state index in [-0.39, 0.29) is 11.4 Å². The van der Waals surface area contributed by atoms with Crippen LogP contribution in [0.1, 0.15) is 11.7 Å². The van der Waals surface area contributed by atoms with E-state index in [9.17, 15) is 13.5 Å². The average molecular weight is 401 g/mol. The number of nitrogens with one attached hydrogen (secondary N) is 1. The number of fused-ring (bicyclic) bond motifs is 1. The number of hydrogen-bond acceptors (Lipinski definition) is 7. The normalized spacial score (nSPS) is 13.1. The first-order valence-corrected chi connectivity index (χ1v) is 10.3. The van der Waals surface area contributed by atoms with Crippen LogP contribution in [0, 0.1) is 0 Å². The van der Waals surface area contributed by atoms with Crippen LogP contribution in [0.3, 0.4) is 0 Å². The summed E-state index contributed by atoms with van der Waals surface area (Å²) < 4.78 is 41.0. The zero-order valence-corrected chi connectivity index (χ0v) is 15.6. The van der Waals surface area contributed by atoms with Gasteiger partial charge in [0.05, 0.1) is 24.1 Å². The van der Waals surface area contributed by atoms with E-state index >= 15 is 0 Å². The molecule has 0 unspecified atom stereocenters. The summed E-state index contributed by atoms with van der Waals surface area (Å²) in [4.78, 5) is 0.0501. The number of rotatable bonds is 6. The van der Waals surface area contributed by atoms with Crippen LogP contribution in [0.2, 0.25) is 0 Å². The zero-order chi connectivity index (χ0) is 18.9. The summed E-state index contributed by atoms with van der Waals surface area (Å²) in [6.07, 6.45) is 0.601. The van der Waals surface area contributed by atoms with Crippen LogP contribution in [0.4, 0.5) is 0 Å². The Balaban J connectivity index is 1.48. The molecule has 0 fully saturated rings. The predicted molar refractivity (Wildman–Crippen MR) is 102 cm³/mol. The van der Waals surface area contributed by atoms with Gasteiger partial charge in [-0.1, -0.05) is 30.3 Å². The van der Waals surface area contributed by atoms with E-state index in [0.717, 1.165) is 23.1 Å². The molecule has 0 aliphatic carbocycles. The molecule has 4 rings (SSSR count). The van der Waals surface area contributed by atoms with Crippen LogP contribution in [-0.4, -0.2) is 28.8 Å². The Morgan fingerprint density at radius 2 is 1.89 bits per heavy atom. The van der Waals surface area contributed by atoms with E-state index in [2.05, 4.69) is 13.5 Å². The molecule has 2 heterocycles. The van der Waals surface area contributed by atoms with Gasteiger partial charge < -0.3 is 9.52 Å². The Kier molecular flexibility index (Phi) is 4.75. The summed E-state index contributed by atoms with van der Waals surface area (Å²) in [5.74, 6) is 0.724. The summed E-state index contributed by atoms with van der Waals surface area (Å²) in [6.45, 7) is -0.156. The van der Waals surface area contributed by atoms with Crippen molar-refractivity contribution in [3.63, 3.8) is 0 Å². The fourth-order valence-electron chi connectivity index (χ4n) is 2.69. The largest absolute Gasteiger partial charge is 0.464 e. The lowest BCUT2D eigenvalue weighted by atomic mass is 10.1. The van der Waals surface area contributed by atoms with Crippen LogP contribution >= 0.6 is 11.7 Å². The van der Waals surface area contributed by atoms with Gasteiger partial charge in [0, 0.05) is 12.1 Å². The molecule has 0 aliphatic rings. The van der Waals surface area contributed by atoms with Gasteiger partial charge in [0.25, 0.3) is 0 Å². The summed E-state index contributed by atoms with van der Waals surface area (Å²) in [7, 11) is -3.82. The summed E-state index contributed by atoms with van der Waals surface area (Å²) in [5.41, 5.74) is 2.32. The Labute approximate surface area is 159 Å². The highest BCUT2D eigenvalue weighted by Gasteiger charge is 2.21. The van der Waals surface area contributed by atoms with Gasteiger partial charge in [-0.3, -0.25) is 0 Å². The Hall–Kier alpha value is -2.59. The van der Waals surface area contributed by atoms with Crippen LogP contribution in [-0.2, 0) is 10.0 Å². The lowest BCUT2D eigenvalue weighted by Crippen LogP contribution is -2.28. The standard InChI is InChI=1S/C18H15N3O4S2/c22-15(12-6-8-13(9-7-12)16-4-2-10-25-16)11-19-27(23,24)17-5-1-3-14-18(17)21-26-20-14/h1-10,15,19,22H,11H2/t15-/m0/s1. The molecule has 0 saturated carbocycles. The number of furan rings is 1. The molecule has 138 valence electrons. The number of hydrogen-bond donors (Lipinski definition) is 2. The molecule has 0 amide bonds. The number of aliphatic hydroxyl groups excluding tert-OH is 1. The minimum absolute atomic E-state index is 0.0501. The molecule has 2 aromatic carbocycles. The van der Waals surface area contributed by atoms with Crippen LogP contribution < -0.4 is 4.72 Å². The minimum atomic E-state index is -3.82. The quantitative estimate of drug-likeness (QED) is 0.515. The lowest BCUT2D eigenvalue weighted by Gasteiger charge is -2.13. The molecule has 1 atom stereocenters. The van der Waals surface area contributed by atoms with Crippen molar-refractivity contribution in [2.75, 3.05) is 6.54 Å². The molecule has 0 spiro atoms. The molecule has 2 aromatic heterocycles. The first-order valence-electron chi connectivity index (χ1n) is 8.07. The van der Waals surface area contributed by atoms with Crippen molar-refractivity contribution in [1.29, 1.82) is 0 Å². The SMILES string of the molecule is O=S(=O)(NC[C@H](O)c1ccc(-c2ccco2)cc1)c1cccc2nsnc12. The van der Waals surface area contributed by atoms with Crippen molar-refractivity contribution in [2.24, 2.45) is 0 Å². The smallest absolute Gasteiger partial charge is 0.242 e. The number of sulfonamides is 1. The fraction of sp³-hybridized carbons (Fsp3) is 0.111. The Morgan fingerprint density at radius 3 is 2.63 bits per heavy atom. The highest BCUT2D eigenvalue weighted by molar-refractivity contribution is 7.89. The van der Waals surface area contributed by atoms with Crippen molar-refractivity contribution >= 4 is 32.8 Å². The molecule has 0 bridgehead atoms. The van der Waals surface area contributed by atoms with Crippen molar-refractivity contribution in [2.45, 2.75) is 11.0 Å². The number of nitrogens with zero attached hydrogens (tertiary/aromatic N) is 2. The van der Waals surface area contributed by atoms with Crippen LogP contribution in [0.5, 0.6) is 0 Å². The van der Waals surface area contributed by atoms with Crippen molar-refractivity contribution in [1.82, 2.24) is 13.5 Å². The van der Waals surface area contributed by atoms with Gasteiger partial charge >= 0.3 is 0 Å². The fourth-order valence-corrected chi connectivity index (χ4v) is 4.50. The van der Waals surface area contributed by atoms with Gasteiger partial charge in [0.15, 0.2) is 0 Å². The second-order valence-electron chi connectivity index (χ2n) is 5.86. The number of benzene rings is 2. The second-order valence-corrected chi connectivity index (χ2v) is 8.12. The molecular weight excluding hydrogens is 386 g/mol. The third-order valence-corrected chi connectivity index (χ3v) is 6.10. The molecule has 0 aliphatic heterocycles. The van der Waals surface area contributed by atoms with Crippen molar-refractivity contribution < 1.29 is 17.9 Å². The zero-order valence-electron chi connectivity index (χ0n) is 13.9. The molecule has 7 nitrogen and oxygen atoms in total. The first kappa shape index (κ1) is 17.8. The first-order chi connectivity index (χ1) is 13.0. The molecule has 4 aromatic rings. The molecule has 0 saturated heterocycles. The maximum Gasteiger partial charge on any atom is 0.242 e. The Bertz CT molecular complexity index is 1150. The van der Waals surface area contributed by atoms with E-state index in [1.165, 1.54) is 6.07 Å². The second kappa shape index (κ2) is 7.20. The van der Waals surface area contributed by atoms with Crippen LogP contribution in [0.15, 0.2) is 70.2 Å². The highest BCUT2D eigenvalue weighted by Crippen LogP contribution is 2.24. The molecule has 2 N–H and O–H groups in total. The average Bonchev–Trinajstić information content (AvgIpc) is 3.37. The van der Waals surface area contributed by atoms with Gasteiger partial charge in [0.1, 0.15) is 21.7 Å². The van der Waals surface area contributed by atoms with Gasteiger partial charge in [0.2, 0.25) is 10.0 Å². The van der Waals surface area contributed by atoms with E-state index in [1.807, 2.05) is 18.2 Å². The van der Waals surface area contributed by atoms with Crippen LogP contribution in [0.25, 0.3) is 22.4 Å². The maximum absolute atomic E-state index is 12.6. The van der Waals surface area contributed by atoms with Crippen molar-refractivity contribution in [3.05, 3.63) is 66.4 Å². The monoisotopic (exact) mass is 401 g/mol. The summed E-state index contributed by atoms with van der Waals surface area (Å²) in [5, 5.41) is 10.3. The summed E-state index contributed by atoms with van der Waals surface area (Å²) >= 11 is 0.955. The lowest BCUT2D eigenvalue weighted by molar-refractivity contribution is 0.182. The highest BCUT2D eigenvalue weighted by atomic mass is 32.2. The van der Waals surface area contributed by atoms with E-state index in [4.69, 9.17) is 4.42 Å². The summed E-state index contributed by atoms with van der Waals surface area (Å²) in [6, 6.07) is 15.5. The van der Waals surface area contributed by atoms with Gasteiger partial charge in [-0.05, 0) is 29.8 Å². The van der Waals surface area contributed by atoms with Gasteiger partial charge in [-0.15, -0.1) is 0 Å².